The summed E-state index contributed by atoms with van der Waals surface area (Å²) in [5.41, 5.74) is 0.960. The molecule has 0 N–H and O–H groups in total. The van der Waals surface area contributed by atoms with E-state index in [2.05, 4.69) is 20.8 Å². The summed E-state index contributed by atoms with van der Waals surface area (Å²) in [5, 5.41) is 0. The van der Waals surface area contributed by atoms with Gasteiger partial charge in [0.1, 0.15) is 5.75 Å². The minimum Gasteiger partial charge on any atom is -0.382 e. The van der Waals surface area contributed by atoms with Gasteiger partial charge in [-0.1, -0.05) is 32.4 Å². The highest BCUT2D eigenvalue weighted by Crippen LogP contribution is 2.18. The number of rotatable bonds is 10. The fraction of sp³-hybridized carbons (Fsp3) is 0.611. The number of benzene rings is 1. The number of hydrogen-bond donors (Lipinski definition) is 0. The first kappa shape index (κ1) is 20.5. The quantitative estimate of drug-likeness (QED) is 0.600. The van der Waals surface area contributed by atoms with Crippen molar-refractivity contribution in [2.75, 3.05) is 5.75 Å². The Morgan fingerprint density at radius 1 is 1.17 bits per heavy atom. The van der Waals surface area contributed by atoms with Crippen LogP contribution in [0.4, 0.5) is 0 Å². The molecular weight excluding hydrogens is 326 g/mol. The monoisotopic (exact) mass is 355 g/mol. The number of amides is 1. The maximum Gasteiger partial charge on any atom is 0.308 e. The van der Waals surface area contributed by atoms with Crippen LogP contribution >= 0.6 is 0 Å². The van der Waals surface area contributed by atoms with Crippen molar-refractivity contribution in [2.24, 2.45) is 0 Å². The molecule has 0 bridgehead atoms. The summed E-state index contributed by atoms with van der Waals surface area (Å²) in [7, 11) is -3.51. The average molecular weight is 356 g/mol. The first-order valence-electron chi connectivity index (χ1n) is 8.63. The maximum atomic E-state index is 12.4. The molecule has 0 radical (unpaired) electrons. The molecule has 0 aromatic heterocycles. The van der Waals surface area contributed by atoms with Crippen molar-refractivity contribution in [2.45, 2.75) is 66.0 Å². The van der Waals surface area contributed by atoms with E-state index in [9.17, 15) is 13.2 Å². The summed E-state index contributed by atoms with van der Waals surface area (Å²) >= 11 is 0. The summed E-state index contributed by atoms with van der Waals surface area (Å²) in [6.45, 7) is 8.25. The van der Waals surface area contributed by atoms with Gasteiger partial charge in [0.25, 0.3) is 0 Å². The van der Waals surface area contributed by atoms with E-state index >= 15 is 0 Å². The third-order valence-electron chi connectivity index (χ3n) is 4.04. The van der Waals surface area contributed by atoms with E-state index in [0.717, 1.165) is 24.8 Å². The van der Waals surface area contributed by atoms with Crippen LogP contribution in [0.3, 0.4) is 0 Å². The van der Waals surface area contributed by atoms with Gasteiger partial charge in [0.2, 0.25) is 5.91 Å². The van der Waals surface area contributed by atoms with Gasteiger partial charge in [-0.25, -0.2) is 0 Å². The molecule has 24 heavy (non-hydrogen) atoms. The van der Waals surface area contributed by atoms with Crippen molar-refractivity contribution in [1.29, 1.82) is 0 Å². The molecule has 0 spiro atoms. The van der Waals surface area contributed by atoms with Gasteiger partial charge in [-0.05, 0) is 44.4 Å². The topological polar surface area (TPSA) is 63.7 Å². The van der Waals surface area contributed by atoms with Crippen LogP contribution in [-0.2, 0) is 21.5 Å². The lowest BCUT2D eigenvalue weighted by atomic mass is 10.1. The second kappa shape index (κ2) is 9.67. The number of carbonyl (C=O) groups is 1. The molecule has 0 heterocycles. The van der Waals surface area contributed by atoms with Crippen LogP contribution in [-0.4, -0.2) is 31.0 Å². The van der Waals surface area contributed by atoms with Gasteiger partial charge in [0.05, 0.1) is 5.75 Å². The molecule has 1 aromatic carbocycles. The van der Waals surface area contributed by atoms with Crippen LogP contribution in [0.15, 0.2) is 24.3 Å². The molecule has 6 heteroatoms. The zero-order chi connectivity index (χ0) is 18.2. The Bertz CT molecular complexity index is 610. The second-order valence-electron chi connectivity index (χ2n) is 5.96. The number of nitrogens with zero attached hydrogens (tertiary/aromatic N) is 1. The molecule has 136 valence electrons. The number of hydrogen-bond acceptors (Lipinski definition) is 4. The first-order valence-corrected chi connectivity index (χ1v) is 10.2. The Morgan fingerprint density at radius 2 is 1.79 bits per heavy atom. The van der Waals surface area contributed by atoms with Gasteiger partial charge in [-0.2, -0.15) is 8.42 Å². The van der Waals surface area contributed by atoms with Crippen molar-refractivity contribution in [3.8, 4) is 5.75 Å². The first-order chi connectivity index (χ1) is 11.3. The van der Waals surface area contributed by atoms with Gasteiger partial charge < -0.3 is 9.08 Å². The predicted octanol–water partition coefficient (Wildman–Crippen LogP) is 3.73. The fourth-order valence-corrected chi connectivity index (χ4v) is 2.76. The van der Waals surface area contributed by atoms with Crippen molar-refractivity contribution in [3.63, 3.8) is 0 Å². The highest BCUT2D eigenvalue weighted by molar-refractivity contribution is 7.87. The Kier molecular flexibility index (Phi) is 8.25. The molecule has 0 saturated carbocycles. The van der Waals surface area contributed by atoms with Crippen LogP contribution in [0, 0.1) is 0 Å². The zero-order valence-electron chi connectivity index (χ0n) is 15.1. The summed E-state index contributed by atoms with van der Waals surface area (Å²) in [5.74, 6) is 0.399. The lowest BCUT2D eigenvalue weighted by molar-refractivity contribution is -0.134. The van der Waals surface area contributed by atoms with Crippen LogP contribution in [0.5, 0.6) is 5.75 Å². The van der Waals surface area contributed by atoms with Gasteiger partial charge in [-0.3, -0.25) is 4.79 Å². The largest absolute Gasteiger partial charge is 0.382 e. The Morgan fingerprint density at radius 3 is 2.29 bits per heavy atom. The summed E-state index contributed by atoms with van der Waals surface area (Å²) in [4.78, 5) is 14.3. The summed E-state index contributed by atoms with van der Waals surface area (Å²) < 4.78 is 27.9. The van der Waals surface area contributed by atoms with Crippen LogP contribution in [0.2, 0.25) is 0 Å². The van der Waals surface area contributed by atoms with E-state index in [1.165, 1.54) is 6.92 Å². The molecule has 5 nitrogen and oxygen atoms in total. The molecule has 1 amide bonds. The van der Waals surface area contributed by atoms with E-state index in [4.69, 9.17) is 4.18 Å². The molecule has 0 aliphatic rings. The lowest BCUT2D eigenvalue weighted by Gasteiger charge is -2.29. The minimum absolute atomic E-state index is 0.0670. The second-order valence-corrected chi connectivity index (χ2v) is 7.82. The molecule has 0 aliphatic heterocycles. The average Bonchev–Trinajstić information content (AvgIpc) is 2.58. The molecule has 0 aliphatic carbocycles. The van der Waals surface area contributed by atoms with Gasteiger partial charge in [0, 0.05) is 19.0 Å². The third kappa shape index (κ3) is 6.51. The van der Waals surface area contributed by atoms with Crippen molar-refractivity contribution >= 4 is 16.0 Å². The number of unbranched alkanes of at least 4 members (excludes halogenated alkanes) is 1. The molecule has 1 unspecified atom stereocenters. The van der Waals surface area contributed by atoms with Gasteiger partial charge >= 0.3 is 10.1 Å². The highest BCUT2D eigenvalue weighted by atomic mass is 32.2. The van der Waals surface area contributed by atoms with E-state index in [1.54, 1.807) is 12.1 Å². The number of carbonyl (C=O) groups excluding carboxylic acids is 1. The van der Waals surface area contributed by atoms with E-state index < -0.39 is 10.1 Å². The van der Waals surface area contributed by atoms with Crippen molar-refractivity contribution in [3.05, 3.63) is 29.8 Å². The zero-order valence-corrected chi connectivity index (χ0v) is 15.9. The smallest absolute Gasteiger partial charge is 0.308 e. The summed E-state index contributed by atoms with van der Waals surface area (Å²) in [6, 6.07) is 7.05. The van der Waals surface area contributed by atoms with Gasteiger partial charge in [-0.15, -0.1) is 0 Å². The molecular formula is C18H29NO4S. The van der Waals surface area contributed by atoms with Crippen LogP contribution < -0.4 is 4.18 Å². The fourth-order valence-electron chi connectivity index (χ4n) is 2.23. The Hall–Kier alpha value is -1.56. The van der Waals surface area contributed by atoms with Crippen molar-refractivity contribution < 1.29 is 17.4 Å². The minimum atomic E-state index is -3.51. The van der Waals surface area contributed by atoms with E-state index in [1.807, 2.05) is 17.0 Å². The standard InChI is InChI=1S/C18H29NO4S/c1-5-8-9-18(20)19(15(4)6-2)14-16-10-12-17(13-11-16)23-24(21,22)7-3/h10-13,15H,5-9,14H2,1-4H3. The summed E-state index contributed by atoms with van der Waals surface area (Å²) in [6.07, 6.45) is 3.36. The molecule has 1 aromatic rings. The maximum absolute atomic E-state index is 12.4. The molecule has 0 saturated heterocycles. The van der Waals surface area contributed by atoms with Crippen molar-refractivity contribution in [1.82, 2.24) is 4.90 Å². The van der Waals surface area contributed by atoms with Crippen LogP contribution in [0.25, 0.3) is 0 Å². The lowest BCUT2D eigenvalue weighted by Crippen LogP contribution is -2.37. The molecule has 0 fully saturated rings. The molecule has 1 rings (SSSR count). The van der Waals surface area contributed by atoms with Gasteiger partial charge in [0.15, 0.2) is 0 Å². The predicted molar refractivity (Wildman–Crippen MR) is 96.4 cm³/mol. The normalized spacial score (nSPS) is 12.7. The molecule has 1 atom stereocenters. The third-order valence-corrected chi connectivity index (χ3v) is 5.19. The Balaban J connectivity index is 2.81. The van der Waals surface area contributed by atoms with E-state index in [-0.39, 0.29) is 17.7 Å². The highest BCUT2D eigenvalue weighted by Gasteiger charge is 2.19. The van der Waals surface area contributed by atoms with E-state index in [0.29, 0.717) is 18.7 Å². The SMILES string of the molecule is CCCCC(=O)N(Cc1ccc(OS(=O)(=O)CC)cc1)C(C)CC. The van der Waals surface area contributed by atoms with Crippen LogP contribution in [0.1, 0.15) is 58.9 Å². The Labute approximate surface area is 146 Å².